The summed E-state index contributed by atoms with van der Waals surface area (Å²) in [7, 11) is 0. The number of hydrogen-bond donors (Lipinski definition) is 1. The summed E-state index contributed by atoms with van der Waals surface area (Å²) in [6.45, 7) is 6.32. The molecule has 3 unspecified atom stereocenters. The second-order valence-electron chi connectivity index (χ2n) is 6.95. The average molecular weight is 491 g/mol. The number of halogens is 3. The first-order valence-electron chi connectivity index (χ1n) is 9.12. The first-order chi connectivity index (χ1) is 12.9. The maximum atomic E-state index is 10.5. The van der Waals surface area contributed by atoms with Gasteiger partial charge < -0.3 is 14.6 Å². The molecule has 2 aromatic rings. The molecule has 0 saturated carbocycles. The quantitative estimate of drug-likeness (QED) is 0.616. The van der Waals surface area contributed by atoms with Crippen molar-refractivity contribution in [1.29, 1.82) is 0 Å². The molecule has 154 valence electrons. The van der Waals surface area contributed by atoms with Gasteiger partial charge in [0.05, 0.1) is 12.7 Å². The van der Waals surface area contributed by atoms with Gasteiger partial charge in [0.25, 0.3) is 0 Å². The van der Waals surface area contributed by atoms with Gasteiger partial charge in [-0.15, -0.1) is 12.4 Å². The van der Waals surface area contributed by atoms with Crippen molar-refractivity contribution in [2.75, 3.05) is 26.3 Å². The second kappa shape index (κ2) is 10.8. The van der Waals surface area contributed by atoms with E-state index in [9.17, 15) is 5.11 Å². The summed E-state index contributed by atoms with van der Waals surface area (Å²) >= 11 is 9.44. The number of benzene rings is 2. The lowest BCUT2D eigenvalue weighted by Gasteiger charge is -2.40. The number of aliphatic hydroxyl groups is 1. The molecule has 1 aliphatic heterocycles. The van der Waals surface area contributed by atoms with E-state index in [4.69, 9.17) is 21.1 Å². The van der Waals surface area contributed by atoms with Gasteiger partial charge in [0.15, 0.2) is 0 Å². The highest BCUT2D eigenvalue weighted by atomic mass is 79.9. The highest BCUT2D eigenvalue weighted by Gasteiger charge is 2.31. The SMILES string of the molecule is Cc1cc(Cl)ccc1OCC(O)CN1CCOC(c2ccc(Br)cc2)C1C.Cl. The molecule has 2 aromatic carbocycles. The van der Waals surface area contributed by atoms with Crippen molar-refractivity contribution in [2.45, 2.75) is 32.1 Å². The molecule has 7 heteroatoms. The van der Waals surface area contributed by atoms with Gasteiger partial charge in [0.2, 0.25) is 0 Å². The highest BCUT2D eigenvalue weighted by Crippen LogP contribution is 2.29. The maximum Gasteiger partial charge on any atom is 0.122 e. The standard InChI is InChI=1S/C21H25BrClNO3.ClH/c1-14-11-18(23)7-8-20(14)27-13-19(25)12-24-9-10-26-21(15(24)2)16-3-5-17(22)6-4-16;/h3-8,11,15,19,21,25H,9-10,12-13H2,1-2H3;1H. The van der Waals surface area contributed by atoms with Crippen LogP contribution in [0.3, 0.4) is 0 Å². The van der Waals surface area contributed by atoms with Gasteiger partial charge in [-0.05, 0) is 55.3 Å². The number of rotatable bonds is 6. The molecule has 1 saturated heterocycles. The molecule has 0 aromatic heterocycles. The molecule has 1 N–H and O–H groups in total. The van der Waals surface area contributed by atoms with Gasteiger partial charge in [-0.1, -0.05) is 39.7 Å². The van der Waals surface area contributed by atoms with Gasteiger partial charge in [-0.25, -0.2) is 0 Å². The zero-order valence-corrected chi connectivity index (χ0v) is 19.1. The molecule has 0 spiro atoms. The molecule has 3 rings (SSSR count). The summed E-state index contributed by atoms with van der Waals surface area (Å²) < 4.78 is 12.8. The third-order valence-electron chi connectivity index (χ3n) is 4.90. The van der Waals surface area contributed by atoms with E-state index in [1.807, 2.05) is 31.2 Å². The molecule has 0 amide bonds. The van der Waals surface area contributed by atoms with Crippen LogP contribution < -0.4 is 4.74 Å². The minimum absolute atomic E-state index is 0. The van der Waals surface area contributed by atoms with Crippen molar-refractivity contribution >= 4 is 39.9 Å². The molecule has 1 heterocycles. The molecule has 28 heavy (non-hydrogen) atoms. The van der Waals surface area contributed by atoms with Crippen LogP contribution in [-0.2, 0) is 4.74 Å². The summed E-state index contributed by atoms with van der Waals surface area (Å²) in [4.78, 5) is 2.26. The number of hydrogen-bond acceptors (Lipinski definition) is 4. The Morgan fingerprint density at radius 2 is 2.00 bits per heavy atom. The van der Waals surface area contributed by atoms with Crippen LogP contribution in [0.2, 0.25) is 5.02 Å². The Morgan fingerprint density at radius 1 is 1.29 bits per heavy atom. The van der Waals surface area contributed by atoms with Crippen molar-refractivity contribution in [3.63, 3.8) is 0 Å². The molecule has 3 atom stereocenters. The average Bonchev–Trinajstić information content (AvgIpc) is 2.64. The Hall–Kier alpha value is -0.820. The third kappa shape index (κ3) is 6.09. The molecule has 1 aliphatic rings. The van der Waals surface area contributed by atoms with E-state index in [1.54, 1.807) is 6.07 Å². The van der Waals surface area contributed by atoms with Crippen LogP contribution >= 0.6 is 39.9 Å². The summed E-state index contributed by atoms with van der Waals surface area (Å²) in [6.07, 6.45) is -0.579. The monoisotopic (exact) mass is 489 g/mol. The fourth-order valence-corrected chi connectivity index (χ4v) is 3.89. The smallest absolute Gasteiger partial charge is 0.122 e. The van der Waals surface area contributed by atoms with Gasteiger partial charge in [0, 0.05) is 28.6 Å². The maximum absolute atomic E-state index is 10.5. The fraction of sp³-hybridized carbons (Fsp3) is 0.429. The normalized spacial score (nSPS) is 21.0. The summed E-state index contributed by atoms with van der Waals surface area (Å²) in [6, 6.07) is 13.9. The van der Waals surface area contributed by atoms with Crippen molar-refractivity contribution in [2.24, 2.45) is 0 Å². The van der Waals surface area contributed by atoms with Crippen molar-refractivity contribution in [3.8, 4) is 5.75 Å². The lowest BCUT2D eigenvalue weighted by molar-refractivity contribution is -0.0804. The van der Waals surface area contributed by atoms with Crippen LogP contribution in [0.5, 0.6) is 5.75 Å². The van der Waals surface area contributed by atoms with Crippen molar-refractivity contribution in [1.82, 2.24) is 4.90 Å². The van der Waals surface area contributed by atoms with E-state index in [-0.39, 0.29) is 31.2 Å². The van der Waals surface area contributed by atoms with E-state index in [2.05, 4.69) is 39.9 Å². The molecular weight excluding hydrogens is 465 g/mol. The van der Waals surface area contributed by atoms with E-state index in [1.165, 1.54) is 0 Å². The number of nitrogens with zero attached hydrogens (tertiary/aromatic N) is 1. The van der Waals surface area contributed by atoms with Crippen LogP contribution in [0.1, 0.15) is 24.2 Å². The van der Waals surface area contributed by atoms with E-state index < -0.39 is 6.10 Å². The van der Waals surface area contributed by atoms with Crippen LogP contribution in [-0.4, -0.2) is 48.5 Å². The molecule has 0 bridgehead atoms. The Morgan fingerprint density at radius 3 is 2.68 bits per heavy atom. The first kappa shape index (κ1) is 23.5. The van der Waals surface area contributed by atoms with E-state index in [0.717, 1.165) is 27.9 Å². The molecule has 1 fully saturated rings. The minimum Gasteiger partial charge on any atom is -0.491 e. The zero-order valence-electron chi connectivity index (χ0n) is 16.0. The van der Waals surface area contributed by atoms with Crippen LogP contribution in [0.4, 0.5) is 0 Å². The lowest BCUT2D eigenvalue weighted by atomic mass is 10.0. The van der Waals surface area contributed by atoms with Crippen molar-refractivity contribution in [3.05, 3.63) is 63.1 Å². The van der Waals surface area contributed by atoms with Crippen LogP contribution in [0, 0.1) is 6.92 Å². The summed E-state index contributed by atoms with van der Waals surface area (Å²) in [5, 5.41) is 11.2. The Balaban J connectivity index is 0.00000280. The molecule has 0 radical (unpaired) electrons. The predicted octanol–water partition coefficient (Wildman–Crippen LogP) is 5.03. The first-order valence-corrected chi connectivity index (χ1v) is 10.3. The van der Waals surface area contributed by atoms with Gasteiger partial charge in [-0.2, -0.15) is 0 Å². The predicted molar refractivity (Wildman–Crippen MR) is 119 cm³/mol. The molecule has 4 nitrogen and oxygen atoms in total. The number of β-amino-alcohol motifs (C(OH)–C–C–N with tert-alkyl or cyclic N) is 1. The summed E-state index contributed by atoms with van der Waals surface area (Å²) in [5.74, 6) is 0.751. The Labute approximate surface area is 186 Å². The molecule has 0 aliphatic carbocycles. The number of ether oxygens (including phenoxy) is 2. The highest BCUT2D eigenvalue weighted by molar-refractivity contribution is 9.10. The topological polar surface area (TPSA) is 41.9 Å². The van der Waals surface area contributed by atoms with Gasteiger partial charge in [-0.3, -0.25) is 4.90 Å². The Bertz CT molecular complexity index is 760. The van der Waals surface area contributed by atoms with E-state index >= 15 is 0 Å². The number of morpholine rings is 1. The second-order valence-corrected chi connectivity index (χ2v) is 8.31. The van der Waals surface area contributed by atoms with E-state index in [0.29, 0.717) is 18.2 Å². The van der Waals surface area contributed by atoms with Gasteiger partial charge >= 0.3 is 0 Å². The van der Waals surface area contributed by atoms with Gasteiger partial charge in [0.1, 0.15) is 18.5 Å². The number of aliphatic hydroxyl groups excluding tert-OH is 1. The minimum atomic E-state index is -0.578. The zero-order chi connectivity index (χ0) is 19.4. The fourth-order valence-electron chi connectivity index (χ4n) is 3.40. The van der Waals surface area contributed by atoms with Crippen LogP contribution in [0.15, 0.2) is 46.9 Å². The van der Waals surface area contributed by atoms with Crippen LogP contribution in [0.25, 0.3) is 0 Å². The lowest BCUT2D eigenvalue weighted by Crippen LogP contribution is -2.49. The largest absolute Gasteiger partial charge is 0.491 e. The summed E-state index contributed by atoms with van der Waals surface area (Å²) in [5.41, 5.74) is 2.11. The number of aryl methyl sites for hydroxylation is 1. The van der Waals surface area contributed by atoms with Crippen molar-refractivity contribution < 1.29 is 14.6 Å². The third-order valence-corrected chi connectivity index (χ3v) is 5.67. The Kier molecular flexibility index (Phi) is 9.06. The molecular formula is C21H26BrCl2NO3.